The minimum atomic E-state index is -0.298. The van der Waals surface area contributed by atoms with Crippen LogP contribution < -0.4 is 10.6 Å². The number of carbonyl (C=O) groups excluding carboxylic acids is 1. The van der Waals surface area contributed by atoms with Crippen molar-refractivity contribution in [2.75, 3.05) is 36.9 Å². The van der Waals surface area contributed by atoms with Gasteiger partial charge in [-0.15, -0.1) is 5.10 Å². The number of carbonyl (C=O) groups is 1. The second kappa shape index (κ2) is 8.04. The maximum absolute atomic E-state index is 12.4. The molecule has 2 N–H and O–H groups in total. The van der Waals surface area contributed by atoms with Gasteiger partial charge in [0.1, 0.15) is 5.82 Å². The molecule has 0 aromatic carbocycles. The topological polar surface area (TPSA) is 105 Å². The molecule has 9 nitrogen and oxygen atoms in total. The molecule has 3 heterocycles. The Kier molecular flexibility index (Phi) is 5.56. The highest BCUT2D eigenvalue weighted by Crippen LogP contribution is 2.13. The van der Waals surface area contributed by atoms with E-state index < -0.39 is 0 Å². The molecule has 1 aliphatic heterocycles. The number of aryl methyl sites for hydroxylation is 1. The minimum absolute atomic E-state index is 0.0291. The first-order valence-corrected chi connectivity index (χ1v) is 8.23. The van der Waals surface area contributed by atoms with Gasteiger partial charge in [-0.25, -0.2) is 0 Å². The molecule has 3 rings (SSSR count). The monoisotopic (exact) mass is 346 g/mol. The van der Waals surface area contributed by atoms with Crippen LogP contribution in [-0.2, 0) is 9.53 Å². The van der Waals surface area contributed by atoms with E-state index in [1.165, 1.54) is 0 Å². The number of rotatable bonds is 6. The number of hydrogen-bond acceptors (Lipinski definition) is 8. The lowest BCUT2D eigenvalue weighted by molar-refractivity contribution is -0.123. The number of amides is 1. The Morgan fingerprint density at radius 1 is 1.52 bits per heavy atom. The van der Waals surface area contributed by atoms with Gasteiger partial charge in [-0.1, -0.05) is 5.16 Å². The van der Waals surface area contributed by atoms with Gasteiger partial charge in [0.2, 0.25) is 11.8 Å². The largest absolute Gasteiger partial charge is 0.374 e. The van der Waals surface area contributed by atoms with Crippen molar-refractivity contribution in [1.82, 2.24) is 20.3 Å². The molecular weight excluding hydrogens is 324 g/mol. The van der Waals surface area contributed by atoms with Crippen molar-refractivity contribution in [3.05, 3.63) is 30.1 Å². The second-order valence-electron chi connectivity index (χ2n) is 5.98. The fourth-order valence-electron chi connectivity index (χ4n) is 2.65. The molecule has 9 heteroatoms. The molecule has 25 heavy (non-hydrogen) atoms. The molecular formula is C16H22N6O3. The quantitative estimate of drug-likeness (QED) is 0.795. The maximum atomic E-state index is 12.4. The van der Waals surface area contributed by atoms with Gasteiger partial charge in [-0.2, -0.15) is 5.10 Å². The van der Waals surface area contributed by atoms with Crippen LogP contribution in [0.3, 0.4) is 0 Å². The van der Waals surface area contributed by atoms with E-state index in [0.29, 0.717) is 37.9 Å². The summed E-state index contributed by atoms with van der Waals surface area (Å²) in [4.78, 5) is 14.5. The summed E-state index contributed by atoms with van der Waals surface area (Å²) < 4.78 is 10.8. The molecule has 2 aromatic rings. The zero-order valence-corrected chi connectivity index (χ0v) is 14.3. The molecule has 0 bridgehead atoms. The Morgan fingerprint density at radius 3 is 3.12 bits per heavy atom. The van der Waals surface area contributed by atoms with Gasteiger partial charge in [0.15, 0.2) is 0 Å². The number of nitrogens with zero attached hydrogens (tertiary/aromatic N) is 4. The van der Waals surface area contributed by atoms with Crippen LogP contribution in [0.4, 0.5) is 11.7 Å². The average molecular weight is 346 g/mol. The molecule has 1 amide bonds. The van der Waals surface area contributed by atoms with Crippen LogP contribution in [-0.4, -0.2) is 64.5 Å². The molecule has 0 radical (unpaired) electrons. The van der Waals surface area contributed by atoms with Gasteiger partial charge in [0, 0.05) is 31.9 Å². The zero-order chi connectivity index (χ0) is 17.6. The molecule has 0 aliphatic carbocycles. The lowest BCUT2D eigenvalue weighted by atomic mass is 10.2. The average Bonchev–Trinajstić information content (AvgIpc) is 3.05. The SMILES string of the molecule is Cc1cc(NC(=O)[C@H](C)N2CCO[C@H](CNc3cccnn3)C2)on1. The standard InChI is InChI=1S/C16H22N6O3/c1-11-8-15(25-21-11)19-16(23)12(2)22-6-7-24-13(10-22)9-17-14-4-3-5-18-20-14/h3-5,8,12-13H,6-7,9-10H2,1-2H3,(H,17,20)(H,19,23)/t12-,13+/m0/s1. The summed E-state index contributed by atoms with van der Waals surface area (Å²) in [7, 11) is 0. The van der Waals surface area contributed by atoms with Crippen molar-refractivity contribution in [3.8, 4) is 0 Å². The van der Waals surface area contributed by atoms with Crippen molar-refractivity contribution < 1.29 is 14.1 Å². The lowest BCUT2D eigenvalue weighted by Crippen LogP contribution is -2.52. The van der Waals surface area contributed by atoms with E-state index in [-0.39, 0.29) is 18.1 Å². The Bertz CT molecular complexity index is 692. The summed E-state index contributed by atoms with van der Waals surface area (Å²) in [6.45, 7) is 6.20. The third-order valence-electron chi connectivity index (χ3n) is 4.05. The number of nitrogens with one attached hydrogen (secondary N) is 2. The Labute approximate surface area is 145 Å². The first-order valence-electron chi connectivity index (χ1n) is 8.23. The molecule has 2 aromatic heterocycles. The Morgan fingerprint density at radius 2 is 2.40 bits per heavy atom. The van der Waals surface area contributed by atoms with Gasteiger partial charge in [0.25, 0.3) is 0 Å². The molecule has 2 atom stereocenters. The number of hydrogen-bond donors (Lipinski definition) is 2. The number of aromatic nitrogens is 3. The van der Waals surface area contributed by atoms with E-state index in [9.17, 15) is 4.79 Å². The number of ether oxygens (including phenoxy) is 1. The number of anilines is 2. The van der Waals surface area contributed by atoms with Gasteiger partial charge in [-0.3, -0.25) is 15.0 Å². The van der Waals surface area contributed by atoms with Gasteiger partial charge < -0.3 is 14.6 Å². The van der Waals surface area contributed by atoms with Crippen molar-refractivity contribution >= 4 is 17.6 Å². The third-order valence-corrected chi connectivity index (χ3v) is 4.05. The molecule has 1 saturated heterocycles. The van der Waals surface area contributed by atoms with Gasteiger partial charge in [0.05, 0.1) is 24.4 Å². The number of morpholine rings is 1. The summed E-state index contributed by atoms with van der Waals surface area (Å²) in [5.41, 5.74) is 0.726. The molecule has 0 unspecified atom stereocenters. The van der Waals surface area contributed by atoms with Crippen LogP contribution in [0.15, 0.2) is 28.9 Å². The fraction of sp³-hybridized carbons (Fsp3) is 0.500. The van der Waals surface area contributed by atoms with E-state index in [0.717, 1.165) is 5.69 Å². The second-order valence-corrected chi connectivity index (χ2v) is 5.98. The van der Waals surface area contributed by atoms with Crippen molar-refractivity contribution in [3.63, 3.8) is 0 Å². The third kappa shape index (κ3) is 4.74. The predicted octanol–water partition coefficient (Wildman–Crippen LogP) is 0.913. The van der Waals surface area contributed by atoms with Gasteiger partial charge >= 0.3 is 0 Å². The van der Waals surface area contributed by atoms with E-state index in [1.54, 1.807) is 19.2 Å². The minimum Gasteiger partial charge on any atom is -0.374 e. The fourth-order valence-corrected chi connectivity index (χ4v) is 2.65. The predicted molar refractivity (Wildman–Crippen MR) is 91.2 cm³/mol. The lowest BCUT2D eigenvalue weighted by Gasteiger charge is -2.36. The van der Waals surface area contributed by atoms with Crippen LogP contribution in [0, 0.1) is 6.92 Å². The molecule has 1 fully saturated rings. The van der Waals surface area contributed by atoms with E-state index >= 15 is 0 Å². The van der Waals surface area contributed by atoms with Crippen molar-refractivity contribution in [2.45, 2.75) is 26.0 Å². The highest BCUT2D eigenvalue weighted by molar-refractivity contribution is 5.93. The Hall–Kier alpha value is -2.52. The first-order chi connectivity index (χ1) is 12.1. The zero-order valence-electron chi connectivity index (χ0n) is 14.3. The summed E-state index contributed by atoms with van der Waals surface area (Å²) >= 11 is 0. The molecule has 0 saturated carbocycles. The molecule has 0 spiro atoms. The maximum Gasteiger partial charge on any atom is 0.243 e. The van der Waals surface area contributed by atoms with Crippen molar-refractivity contribution in [2.24, 2.45) is 0 Å². The normalized spacial score (nSPS) is 19.4. The van der Waals surface area contributed by atoms with Crippen molar-refractivity contribution in [1.29, 1.82) is 0 Å². The van der Waals surface area contributed by atoms with E-state index in [1.807, 2.05) is 19.1 Å². The van der Waals surface area contributed by atoms with E-state index in [4.69, 9.17) is 9.26 Å². The van der Waals surface area contributed by atoms with Crippen LogP contribution in [0.2, 0.25) is 0 Å². The van der Waals surface area contributed by atoms with Crippen LogP contribution in [0.25, 0.3) is 0 Å². The van der Waals surface area contributed by atoms with Crippen LogP contribution >= 0.6 is 0 Å². The Balaban J connectivity index is 1.50. The first kappa shape index (κ1) is 17.3. The van der Waals surface area contributed by atoms with Gasteiger partial charge in [-0.05, 0) is 26.0 Å². The van der Waals surface area contributed by atoms with Crippen LogP contribution in [0.5, 0.6) is 0 Å². The van der Waals surface area contributed by atoms with E-state index in [2.05, 4.69) is 30.9 Å². The summed E-state index contributed by atoms with van der Waals surface area (Å²) in [5.74, 6) is 0.942. The highest BCUT2D eigenvalue weighted by atomic mass is 16.5. The summed E-state index contributed by atoms with van der Waals surface area (Å²) in [6.07, 6.45) is 1.60. The molecule has 134 valence electrons. The highest BCUT2D eigenvalue weighted by Gasteiger charge is 2.28. The molecule has 1 aliphatic rings. The summed E-state index contributed by atoms with van der Waals surface area (Å²) in [6, 6.07) is 5.06. The smallest absolute Gasteiger partial charge is 0.243 e. The summed E-state index contributed by atoms with van der Waals surface area (Å²) in [5, 5.41) is 17.5. The van der Waals surface area contributed by atoms with Crippen LogP contribution in [0.1, 0.15) is 12.6 Å².